The van der Waals surface area contributed by atoms with Crippen molar-refractivity contribution in [1.29, 1.82) is 0 Å². The van der Waals surface area contributed by atoms with Crippen molar-refractivity contribution in [2.75, 3.05) is 5.32 Å². The molecule has 0 aliphatic heterocycles. The smallest absolute Gasteiger partial charge is 0.269 e. The molecule has 3 N–H and O–H groups in total. The van der Waals surface area contributed by atoms with Gasteiger partial charge in [-0.1, -0.05) is 29.8 Å². The number of hydrazine groups is 1. The first-order chi connectivity index (χ1) is 15.4. The van der Waals surface area contributed by atoms with E-state index in [9.17, 15) is 14.4 Å². The fraction of sp³-hybridized carbons (Fsp3) is 0.0909. The molecule has 0 aliphatic carbocycles. The zero-order chi connectivity index (χ0) is 22.7. The van der Waals surface area contributed by atoms with Crippen molar-refractivity contribution in [1.82, 2.24) is 20.4 Å². The van der Waals surface area contributed by atoms with Crippen molar-refractivity contribution in [3.63, 3.8) is 0 Å². The summed E-state index contributed by atoms with van der Waals surface area (Å²) in [5.74, 6) is -0.721. The second-order valence-corrected chi connectivity index (χ2v) is 8.24. The number of rotatable bonds is 5. The van der Waals surface area contributed by atoms with E-state index in [1.807, 2.05) is 35.9 Å². The van der Waals surface area contributed by atoms with Crippen LogP contribution in [0.2, 0.25) is 5.02 Å². The van der Waals surface area contributed by atoms with E-state index >= 15 is 0 Å². The number of benzene rings is 2. The number of aryl methyl sites for hydroxylation is 1. The number of nitrogens with one attached hydrogen (secondary N) is 3. The van der Waals surface area contributed by atoms with Crippen LogP contribution < -0.4 is 16.2 Å². The van der Waals surface area contributed by atoms with Crippen molar-refractivity contribution in [3.05, 3.63) is 81.3 Å². The number of hydrogen-bond donors (Lipinski definition) is 3. The van der Waals surface area contributed by atoms with E-state index in [0.29, 0.717) is 16.4 Å². The highest BCUT2D eigenvalue weighted by Crippen LogP contribution is 2.24. The molecule has 4 rings (SSSR count). The third-order valence-electron chi connectivity index (χ3n) is 4.74. The van der Waals surface area contributed by atoms with Crippen LogP contribution in [0.4, 0.5) is 5.69 Å². The number of para-hydroxylation sites is 2. The molecule has 0 atom stereocenters. The van der Waals surface area contributed by atoms with E-state index in [1.54, 1.807) is 17.5 Å². The van der Waals surface area contributed by atoms with Crippen LogP contribution in [0.3, 0.4) is 0 Å². The predicted molar refractivity (Wildman–Crippen MR) is 124 cm³/mol. The Balaban J connectivity index is 1.38. The van der Waals surface area contributed by atoms with Gasteiger partial charge in [0.1, 0.15) is 5.82 Å². The summed E-state index contributed by atoms with van der Waals surface area (Å²) >= 11 is 7.44. The summed E-state index contributed by atoms with van der Waals surface area (Å²) < 4.78 is 1.83. The van der Waals surface area contributed by atoms with E-state index in [2.05, 4.69) is 21.2 Å². The molecule has 10 heteroatoms. The first-order valence-electron chi connectivity index (χ1n) is 9.56. The van der Waals surface area contributed by atoms with E-state index < -0.39 is 11.8 Å². The molecule has 2 aromatic carbocycles. The van der Waals surface area contributed by atoms with Crippen LogP contribution in [-0.2, 0) is 18.3 Å². The lowest BCUT2D eigenvalue weighted by atomic mass is 10.2. The molecule has 0 radical (unpaired) electrons. The van der Waals surface area contributed by atoms with Crippen LogP contribution in [-0.4, -0.2) is 27.3 Å². The minimum Gasteiger partial charge on any atom is -0.331 e. The van der Waals surface area contributed by atoms with Gasteiger partial charge in [-0.3, -0.25) is 25.2 Å². The van der Waals surface area contributed by atoms with Gasteiger partial charge in [0.25, 0.3) is 11.8 Å². The molecule has 2 heterocycles. The third-order valence-corrected chi connectivity index (χ3v) is 5.93. The fourth-order valence-electron chi connectivity index (χ4n) is 3.09. The van der Waals surface area contributed by atoms with Crippen molar-refractivity contribution in [2.24, 2.45) is 7.05 Å². The fourth-order valence-corrected chi connectivity index (χ4v) is 3.88. The molecule has 8 nitrogen and oxygen atoms in total. The van der Waals surface area contributed by atoms with Crippen LogP contribution in [0.5, 0.6) is 0 Å². The van der Waals surface area contributed by atoms with Crippen molar-refractivity contribution < 1.29 is 14.4 Å². The molecule has 0 spiro atoms. The lowest BCUT2D eigenvalue weighted by Crippen LogP contribution is -2.42. The minimum atomic E-state index is -0.549. The van der Waals surface area contributed by atoms with Crippen molar-refractivity contribution >= 4 is 57.4 Å². The highest BCUT2D eigenvalue weighted by molar-refractivity contribution is 7.12. The zero-order valence-electron chi connectivity index (χ0n) is 16.9. The number of carbonyl (C=O) groups is 3. The number of carbonyl (C=O) groups excluding carboxylic acids is 3. The van der Waals surface area contributed by atoms with Gasteiger partial charge >= 0.3 is 0 Å². The molecular formula is C22H18ClN5O3S. The van der Waals surface area contributed by atoms with Gasteiger partial charge in [0.15, 0.2) is 0 Å². The number of fused-ring (bicyclic) bond motifs is 1. The van der Waals surface area contributed by atoms with Gasteiger partial charge in [-0.15, -0.1) is 11.3 Å². The number of anilines is 1. The second kappa shape index (κ2) is 9.21. The Morgan fingerprint density at radius 2 is 1.84 bits per heavy atom. The highest BCUT2D eigenvalue weighted by atomic mass is 35.5. The molecule has 0 saturated heterocycles. The molecule has 0 saturated carbocycles. The third kappa shape index (κ3) is 4.63. The number of halogens is 1. The SMILES string of the molecule is Cn1c(CC(=O)NNC(=O)c2ccc(Cl)c(NC(=O)c3cccs3)c2)nc2ccccc21. The van der Waals surface area contributed by atoms with Gasteiger partial charge in [0.2, 0.25) is 5.91 Å². The second-order valence-electron chi connectivity index (χ2n) is 6.88. The van der Waals surface area contributed by atoms with Crippen LogP contribution in [0.15, 0.2) is 60.0 Å². The van der Waals surface area contributed by atoms with Gasteiger partial charge in [-0.2, -0.15) is 0 Å². The molecular weight excluding hydrogens is 450 g/mol. The quantitative estimate of drug-likeness (QED) is 0.390. The van der Waals surface area contributed by atoms with Crippen LogP contribution in [0, 0.1) is 0 Å². The lowest BCUT2D eigenvalue weighted by Gasteiger charge is -2.10. The number of aromatic nitrogens is 2. The maximum atomic E-state index is 12.5. The van der Waals surface area contributed by atoms with E-state index in [-0.39, 0.29) is 22.9 Å². The Morgan fingerprint density at radius 1 is 1.03 bits per heavy atom. The van der Waals surface area contributed by atoms with E-state index in [1.165, 1.54) is 29.5 Å². The monoisotopic (exact) mass is 467 g/mol. The molecule has 162 valence electrons. The largest absolute Gasteiger partial charge is 0.331 e. The molecule has 3 amide bonds. The van der Waals surface area contributed by atoms with E-state index in [0.717, 1.165) is 11.0 Å². The van der Waals surface area contributed by atoms with E-state index in [4.69, 9.17) is 11.6 Å². The van der Waals surface area contributed by atoms with Gasteiger partial charge in [0, 0.05) is 12.6 Å². The van der Waals surface area contributed by atoms with Gasteiger partial charge in [-0.05, 0) is 41.8 Å². The highest BCUT2D eigenvalue weighted by Gasteiger charge is 2.15. The number of nitrogens with zero attached hydrogens (tertiary/aromatic N) is 2. The topological polar surface area (TPSA) is 105 Å². The normalized spacial score (nSPS) is 10.7. The van der Waals surface area contributed by atoms with Gasteiger partial charge in [-0.25, -0.2) is 4.98 Å². The van der Waals surface area contributed by atoms with Crippen molar-refractivity contribution in [2.45, 2.75) is 6.42 Å². The number of hydrogen-bond acceptors (Lipinski definition) is 5. The zero-order valence-corrected chi connectivity index (χ0v) is 18.5. The number of amides is 3. The van der Waals surface area contributed by atoms with Gasteiger partial charge < -0.3 is 9.88 Å². The maximum Gasteiger partial charge on any atom is 0.269 e. The summed E-state index contributed by atoms with van der Waals surface area (Å²) in [7, 11) is 1.83. The summed E-state index contributed by atoms with van der Waals surface area (Å²) in [5, 5.41) is 4.76. The summed E-state index contributed by atoms with van der Waals surface area (Å²) in [6, 6.07) is 15.5. The maximum absolute atomic E-state index is 12.5. The average molecular weight is 468 g/mol. The molecule has 0 fully saturated rings. The first-order valence-corrected chi connectivity index (χ1v) is 10.8. The Kier molecular flexibility index (Phi) is 6.20. The molecule has 0 unspecified atom stereocenters. The molecule has 0 bridgehead atoms. The Labute approximate surface area is 192 Å². The number of imidazole rings is 1. The average Bonchev–Trinajstić information content (AvgIpc) is 3.43. The van der Waals surface area contributed by atoms with Crippen LogP contribution >= 0.6 is 22.9 Å². The lowest BCUT2D eigenvalue weighted by molar-refractivity contribution is -0.121. The molecule has 4 aromatic rings. The van der Waals surface area contributed by atoms with Gasteiger partial charge in [0.05, 0.1) is 33.0 Å². The Bertz CT molecular complexity index is 1320. The Morgan fingerprint density at radius 3 is 2.59 bits per heavy atom. The van der Waals surface area contributed by atoms with Crippen molar-refractivity contribution in [3.8, 4) is 0 Å². The first kappa shape index (κ1) is 21.5. The summed E-state index contributed by atoms with van der Waals surface area (Å²) in [6.45, 7) is 0. The number of thiophene rings is 1. The van der Waals surface area contributed by atoms with Crippen LogP contribution in [0.25, 0.3) is 11.0 Å². The molecule has 32 heavy (non-hydrogen) atoms. The summed E-state index contributed by atoms with van der Waals surface area (Å²) in [4.78, 5) is 42.0. The summed E-state index contributed by atoms with van der Waals surface area (Å²) in [5.41, 5.74) is 6.98. The molecule has 0 aliphatic rings. The van der Waals surface area contributed by atoms with Crippen LogP contribution in [0.1, 0.15) is 25.9 Å². The minimum absolute atomic E-state index is 0.00576. The standard InChI is InChI=1S/C22H18ClN5O3S/c1-28-17-6-3-2-5-15(17)24-19(28)12-20(29)26-27-21(30)13-8-9-14(23)16(11-13)25-22(31)18-7-4-10-32-18/h2-11H,12H2,1H3,(H,25,31)(H,26,29)(H,27,30). The molecule has 2 aromatic heterocycles. The Hall–Kier alpha value is -3.69. The summed E-state index contributed by atoms with van der Waals surface area (Å²) in [6.07, 6.45) is -0.00576. The predicted octanol–water partition coefficient (Wildman–Crippen LogP) is 3.54.